The molecule has 0 saturated heterocycles. The molecule has 0 unspecified atom stereocenters. The lowest BCUT2D eigenvalue weighted by Crippen LogP contribution is -2.02. The molecule has 1 nitrogen and oxygen atoms in total. The average molecular weight is 267 g/mol. The van der Waals surface area contributed by atoms with E-state index < -0.39 is 0 Å². The van der Waals surface area contributed by atoms with Gasteiger partial charge in [0.25, 0.3) is 0 Å². The van der Waals surface area contributed by atoms with E-state index in [1.54, 1.807) is 0 Å². The monoisotopic (exact) mass is 267 g/mol. The third-order valence-corrected chi connectivity index (χ3v) is 3.97. The minimum absolute atomic E-state index is 0.891. The van der Waals surface area contributed by atoms with Gasteiger partial charge in [0.05, 0.1) is 0 Å². The second-order valence-electron chi connectivity index (χ2n) is 5.51. The van der Waals surface area contributed by atoms with E-state index in [-0.39, 0.29) is 0 Å². The lowest BCUT2D eigenvalue weighted by atomic mass is 10.0. The van der Waals surface area contributed by atoms with E-state index in [0.717, 1.165) is 6.54 Å². The molecule has 0 spiro atoms. The quantitative estimate of drug-likeness (QED) is 0.753. The van der Waals surface area contributed by atoms with Crippen LogP contribution in [0.5, 0.6) is 0 Å². The van der Waals surface area contributed by atoms with Gasteiger partial charge < -0.3 is 5.32 Å². The number of nitrogens with one attached hydrogen (secondary N) is 1. The molecule has 0 aliphatic heterocycles. The van der Waals surface area contributed by atoms with E-state index in [1.165, 1.54) is 47.2 Å². The summed E-state index contributed by atoms with van der Waals surface area (Å²) in [6.45, 7) is 7.49. The molecule has 0 heterocycles. The molecule has 0 amide bonds. The SMILES string of the molecule is CCCCc1ccc(NCc2cccc(C)c2C)cc1. The van der Waals surface area contributed by atoms with Crippen LogP contribution in [0.2, 0.25) is 0 Å². The average Bonchev–Trinajstić information content (AvgIpc) is 2.48. The maximum Gasteiger partial charge on any atom is 0.0403 e. The van der Waals surface area contributed by atoms with Gasteiger partial charge in [0.15, 0.2) is 0 Å². The summed E-state index contributed by atoms with van der Waals surface area (Å²) in [5, 5.41) is 3.51. The van der Waals surface area contributed by atoms with Crippen molar-refractivity contribution in [3.05, 3.63) is 64.7 Å². The van der Waals surface area contributed by atoms with Crippen molar-refractivity contribution >= 4 is 5.69 Å². The first-order valence-electron chi connectivity index (χ1n) is 7.58. The Morgan fingerprint density at radius 1 is 0.950 bits per heavy atom. The van der Waals surface area contributed by atoms with Crippen LogP contribution in [0.1, 0.15) is 42.0 Å². The number of hydrogen-bond donors (Lipinski definition) is 1. The van der Waals surface area contributed by atoms with E-state index in [1.807, 2.05) is 0 Å². The number of benzene rings is 2. The van der Waals surface area contributed by atoms with Crippen LogP contribution in [0.15, 0.2) is 42.5 Å². The summed E-state index contributed by atoms with van der Waals surface area (Å²) in [6, 6.07) is 15.4. The normalized spacial score (nSPS) is 10.6. The molecule has 20 heavy (non-hydrogen) atoms. The third kappa shape index (κ3) is 3.86. The van der Waals surface area contributed by atoms with Crippen molar-refractivity contribution in [2.45, 2.75) is 46.6 Å². The van der Waals surface area contributed by atoms with Crippen LogP contribution < -0.4 is 5.32 Å². The number of aryl methyl sites for hydroxylation is 2. The van der Waals surface area contributed by atoms with E-state index in [9.17, 15) is 0 Å². The molecular weight excluding hydrogens is 242 g/mol. The van der Waals surface area contributed by atoms with E-state index in [0.29, 0.717) is 0 Å². The smallest absolute Gasteiger partial charge is 0.0403 e. The summed E-state index contributed by atoms with van der Waals surface area (Å²) >= 11 is 0. The molecule has 0 saturated carbocycles. The number of hydrogen-bond acceptors (Lipinski definition) is 1. The van der Waals surface area contributed by atoms with Gasteiger partial charge in [-0.15, -0.1) is 0 Å². The predicted octanol–water partition coefficient (Wildman–Crippen LogP) is 5.26. The van der Waals surface area contributed by atoms with Gasteiger partial charge in [-0.05, 0) is 61.1 Å². The van der Waals surface area contributed by atoms with Gasteiger partial charge in [0.2, 0.25) is 0 Å². The molecule has 2 rings (SSSR count). The number of unbranched alkanes of at least 4 members (excludes halogenated alkanes) is 1. The maximum atomic E-state index is 3.51. The number of rotatable bonds is 6. The van der Waals surface area contributed by atoms with E-state index >= 15 is 0 Å². The van der Waals surface area contributed by atoms with Crippen LogP contribution in [-0.4, -0.2) is 0 Å². The van der Waals surface area contributed by atoms with Crippen LogP contribution in [-0.2, 0) is 13.0 Å². The maximum absolute atomic E-state index is 3.51. The fourth-order valence-electron chi connectivity index (χ4n) is 2.37. The minimum atomic E-state index is 0.891. The minimum Gasteiger partial charge on any atom is -0.381 e. The summed E-state index contributed by atoms with van der Waals surface area (Å²) < 4.78 is 0. The Morgan fingerprint density at radius 3 is 2.40 bits per heavy atom. The summed E-state index contributed by atoms with van der Waals surface area (Å²) in [4.78, 5) is 0. The van der Waals surface area contributed by atoms with Crippen LogP contribution in [0.3, 0.4) is 0 Å². The summed E-state index contributed by atoms with van der Waals surface area (Å²) in [6.07, 6.45) is 3.72. The first kappa shape index (κ1) is 14.6. The van der Waals surface area contributed by atoms with Gasteiger partial charge >= 0.3 is 0 Å². The Kier molecular flexibility index (Phi) is 5.23. The first-order valence-corrected chi connectivity index (χ1v) is 7.58. The third-order valence-electron chi connectivity index (χ3n) is 3.97. The highest BCUT2D eigenvalue weighted by Crippen LogP contribution is 2.16. The van der Waals surface area contributed by atoms with Crippen LogP contribution >= 0.6 is 0 Å². The van der Waals surface area contributed by atoms with Gasteiger partial charge in [-0.2, -0.15) is 0 Å². The second kappa shape index (κ2) is 7.14. The fourth-order valence-corrected chi connectivity index (χ4v) is 2.37. The van der Waals surface area contributed by atoms with Crippen molar-refractivity contribution in [1.82, 2.24) is 0 Å². The largest absolute Gasteiger partial charge is 0.381 e. The van der Waals surface area contributed by atoms with Gasteiger partial charge in [-0.25, -0.2) is 0 Å². The Hall–Kier alpha value is -1.76. The molecule has 1 N–H and O–H groups in total. The predicted molar refractivity (Wildman–Crippen MR) is 88.3 cm³/mol. The van der Waals surface area contributed by atoms with Crippen LogP contribution in [0.4, 0.5) is 5.69 Å². The van der Waals surface area contributed by atoms with Crippen molar-refractivity contribution in [2.24, 2.45) is 0 Å². The Morgan fingerprint density at radius 2 is 1.70 bits per heavy atom. The molecule has 0 aromatic heterocycles. The zero-order valence-electron chi connectivity index (χ0n) is 12.9. The second-order valence-corrected chi connectivity index (χ2v) is 5.51. The van der Waals surface area contributed by atoms with Crippen molar-refractivity contribution in [3.8, 4) is 0 Å². The van der Waals surface area contributed by atoms with Crippen molar-refractivity contribution < 1.29 is 0 Å². The van der Waals surface area contributed by atoms with Crippen LogP contribution in [0.25, 0.3) is 0 Å². The molecule has 0 aliphatic carbocycles. The number of anilines is 1. The molecule has 2 aromatic carbocycles. The lowest BCUT2D eigenvalue weighted by molar-refractivity contribution is 0.795. The Balaban J connectivity index is 1.95. The summed E-state index contributed by atoms with van der Waals surface area (Å²) in [7, 11) is 0. The Labute approximate surface area is 123 Å². The zero-order valence-corrected chi connectivity index (χ0v) is 12.9. The van der Waals surface area contributed by atoms with Crippen molar-refractivity contribution in [1.29, 1.82) is 0 Å². The lowest BCUT2D eigenvalue weighted by Gasteiger charge is -2.11. The molecule has 1 heteroatoms. The van der Waals surface area contributed by atoms with Gasteiger partial charge in [0.1, 0.15) is 0 Å². The van der Waals surface area contributed by atoms with Gasteiger partial charge in [-0.1, -0.05) is 43.7 Å². The molecular formula is C19H25N. The molecule has 0 fully saturated rings. The van der Waals surface area contributed by atoms with Gasteiger partial charge in [-0.3, -0.25) is 0 Å². The van der Waals surface area contributed by atoms with Crippen molar-refractivity contribution in [2.75, 3.05) is 5.32 Å². The first-order chi connectivity index (χ1) is 9.70. The summed E-state index contributed by atoms with van der Waals surface area (Å²) in [5.41, 5.74) is 6.76. The molecule has 0 radical (unpaired) electrons. The highest BCUT2D eigenvalue weighted by molar-refractivity contribution is 5.46. The molecule has 106 valence electrons. The zero-order chi connectivity index (χ0) is 14.4. The molecule has 0 atom stereocenters. The summed E-state index contributed by atoms with van der Waals surface area (Å²) in [5.74, 6) is 0. The topological polar surface area (TPSA) is 12.0 Å². The molecule has 2 aromatic rings. The standard InChI is InChI=1S/C19H25N/c1-4-5-8-17-10-12-19(13-11-17)20-14-18-9-6-7-15(2)16(18)3/h6-7,9-13,20H,4-5,8,14H2,1-3H3. The molecule has 0 aliphatic rings. The van der Waals surface area contributed by atoms with Crippen LogP contribution in [0, 0.1) is 13.8 Å². The van der Waals surface area contributed by atoms with E-state index in [4.69, 9.17) is 0 Å². The Bertz CT molecular complexity index is 540. The fraction of sp³-hybridized carbons (Fsp3) is 0.368. The highest BCUT2D eigenvalue weighted by Gasteiger charge is 2.00. The van der Waals surface area contributed by atoms with Crippen molar-refractivity contribution in [3.63, 3.8) is 0 Å². The van der Waals surface area contributed by atoms with E-state index in [2.05, 4.69) is 68.6 Å². The molecule has 0 bridgehead atoms. The highest BCUT2D eigenvalue weighted by atomic mass is 14.9. The van der Waals surface area contributed by atoms with Gasteiger partial charge in [0, 0.05) is 12.2 Å².